The Morgan fingerprint density at radius 2 is 1.91 bits per heavy atom. The van der Waals surface area contributed by atoms with Gasteiger partial charge in [0.1, 0.15) is 12.2 Å². The summed E-state index contributed by atoms with van der Waals surface area (Å²) in [6, 6.07) is 15.2. The van der Waals surface area contributed by atoms with Gasteiger partial charge in [-0.2, -0.15) is 0 Å². The second-order valence-corrected chi connectivity index (χ2v) is 4.71. The molecule has 0 unspecified atom stereocenters. The van der Waals surface area contributed by atoms with Gasteiger partial charge in [-0.25, -0.2) is 9.31 Å². The molecular weight excluding hydrogens is 280 g/mol. The molecule has 0 amide bonds. The van der Waals surface area contributed by atoms with Crippen LogP contribution in [0.25, 0.3) is 5.52 Å². The molecule has 3 aromatic rings. The first-order valence-corrected chi connectivity index (χ1v) is 7.11. The van der Waals surface area contributed by atoms with Crippen LogP contribution in [0.1, 0.15) is 22.8 Å². The minimum absolute atomic E-state index is 0.286. The van der Waals surface area contributed by atoms with Gasteiger partial charge in [0.25, 0.3) is 0 Å². The summed E-state index contributed by atoms with van der Waals surface area (Å²) in [5.74, 6) is -0.139. The highest BCUT2D eigenvalue weighted by atomic mass is 16.5. The number of fused-ring (bicyclic) bond motifs is 1. The molecule has 0 bridgehead atoms. The number of hydrogen-bond donors (Lipinski definition) is 0. The molecule has 0 saturated heterocycles. The maximum absolute atomic E-state index is 12.2. The Hall–Kier alpha value is -2.82. The summed E-state index contributed by atoms with van der Waals surface area (Å²) in [5.41, 5.74) is 2.04. The van der Waals surface area contributed by atoms with E-state index in [0.717, 1.165) is 5.56 Å². The molecule has 0 aliphatic heterocycles. The monoisotopic (exact) mass is 296 g/mol. The zero-order chi connectivity index (χ0) is 15.4. The van der Waals surface area contributed by atoms with Gasteiger partial charge < -0.3 is 9.47 Å². The summed E-state index contributed by atoms with van der Waals surface area (Å²) in [7, 11) is 0. The molecular formula is C17H16N2O3. The van der Waals surface area contributed by atoms with E-state index in [-0.39, 0.29) is 5.88 Å². The van der Waals surface area contributed by atoms with Crippen LogP contribution in [0, 0.1) is 0 Å². The fourth-order valence-electron chi connectivity index (χ4n) is 2.20. The highest BCUT2D eigenvalue weighted by Gasteiger charge is 2.22. The summed E-state index contributed by atoms with van der Waals surface area (Å²) in [4.78, 5) is 12.2. The topological polar surface area (TPSA) is 52.8 Å². The van der Waals surface area contributed by atoms with Gasteiger partial charge in [0, 0.05) is 6.20 Å². The van der Waals surface area contributed by atoms with Crippen LogP contribution in [-0.4, -0.2) is 22.2 Å². The second kappa shape index (κ2) is 6.30. The number of nitrogens with zero attached hydrogens (tertiary/aromatic N) is 2. The number of carbonyl (C=O) groups is 1. The van der Waals surface area contributed by atoms with Crippen molar-refractivity contribution in [2.75, 3.05) is 6.61 Å². The van der Waals surface area contributed by atoms with Crippen molar-refractivity contribution in [3.05, 3.63) is 65.9 Å². The van der Waals surface area contributed by atoms with Crippen molar-refractivity contribution >= 4 is 11.5 Å². The van der Waals surface area contributed by atoms with E-state index in [1.165, 1.54) is 0 Å². The van der Waals surface area contributed by atoms with Crippen LogP contribution in [0.4, 0.5) is 0 Å². The van der Waals surface area contributed by atoms with E-state index >= 15 is 0 Å². The van der Waals surface area contributed by atoms with Crippen molar-refractivity contribution in [3.63, 3.8) is 0 Å². The summed E-state index contributed by atoms with van der Waals surface area (Å²) < 4.78 is 12.5. The molecule has 0 N–H and O–H groups in total. The van der Waals surface area contributed by atoms with Gasteiger partial charge >= 0.3 is 5.97 Å². The standard InChI is InChI=1S/C17H16N2O3/c1-2-21-17(20)15-14-10-6-7-11-19(14)18-16(15)22-12-13-8-4-3-5-9-13/h3-11H,2,12H2,1H3. The molecule has 0 aliphatic rings. The molecule has 0 spiro atoms. The highest BCUT2D eigenvalue weighted by molar-refractivity contribution is 5.99. The molecule has 0 saturated carbocycles. The normalized spacial score (nSPS) is 10.6. The third kappa shape index (κ3) is 2.79. The average molecular weight is 296 g/mol. The number of hydrogen-bond acceptors (Lipinski definition) is 4. The first-order chi connectivity index (χ1) is 10.8. The van der Waals surface area contributed by atoms with Gasteiger partial charge in [-0.3, -0.25) is 0 Å². The van der Waals surface area contributed by atoms with Crippen molar-refractivity contribution in [1.82, 2.24) is 9.61 Å². The zero-order valence-corrected chi connectivity index (χ0v) is 12.2. The van der Waals surface area contributed by atoms with E-state index in [2.05, 4.69) is 5.10 Å². The smallest absolute Gasteiger partial charge is 0.345 e. The molecule has 2 heterocycles. The number of rotatable bonds is 5. The van der Waals surface area contributed by atoms with Crippen molar-refractivity contribution in [2.24, 2.45) is 0 Å². The van der Waals surface area contributed by atoms with E-state index in [0.29, 0.717) is 24.3 Å². The number of benzene rings is 1. The van der Waals surface area contributed by atoms with E-state index in [4.69, 9.17) is 9.47 Å². The van der Waals surface area contributed by atoms with Gasteiger partial charge in [0.2, 0.25) is 5.88 Å². The van der Waals surface area contributed by atoms with Crippen LogP contribution in [0.5, 0.6) is 5.88 Å². The third-order valence-electron chi connectivity index (χ3n) is 3.21. The largest absolute Gasteiger partial charge is 0.471 e. The van der Waals surface area contributed by atoms with Crippen LogP contribution in [-0.2, 0) is 11.3 Å². The van der Waals surface area contributed by atoms with E-state index in [1.54, 1.807) is 17.6 Å². The molecule has 3 rings (SSSR count). The lowest BCUT2D eigenvalue weighted by Crippen LogP contribution is -2.07. The van der Waals surface area contributed by atoms with Crippen molar-refractivity contribution in [3.8, 4) is 5.88 Å². The Morgan fingerprint density at radius 1 is 1.14 bits per heavy atom. The number of pyridine rings is 1. The predicted octanol–water partition coefficient (Wildman–Crippen LogP) is 3.09. The van der Waals surface area contributed by atoms with Crippen molar-refractivity contribution < 1.29 is 14.3 Å². The lowest BCUT2D eigenvalue weighted by molar-refractivity contribution is 0.0523. The number of esters is 1. The van der Waals surface area contributed by atoms with Crippen molar-refractivity contribution in [2.45, 2.75) is 13.5 Å². The maximum atomic E-state index is 12.2. The number of aromatic nitrogens is 2. The fraction of sp³-hybridized carbons (Fsp3) is 0.176. The Kier molecular flexibility index (Phi) is 4.05. The first-order valence-electron chi connectivity index (χ1n) is 7.11. The van der Waals surface area contributed by atoms with Crippen LogP contribution in [0.15, 0.2) is 54.7 Å². The Morgan fingerprint density at radius 3 is 2.68 bits per heavy atom. The SMILES string of the molecule is CCOC(=O)c1c(OCc2ccccc2)nn2ccccc12. The van der Waals surface area contributed by atoms with E-state index in [1.807, 2.05) is 48.5 Å². The molecule has 1 aromatic carbocycles. The van der Waals surface area contributed by atoms with Gasteiger partial charge in [0.05, 0.1) is 12.1 Å². The predicted molar refractivity (Wildman–Crippen MR) is 81.9 cm³/mol. The second-order valence-electron chi connectivity index (χ2n) is 4.71. The van der Waals surface area contributed by atoms with Gasteiger partial charge in [-0.15, -0.1) is 5.10 Å². The molecule has 5 nitrogen and oxygen atoms in total. The molecule has 0 fully saturated rings. The molecule has 5 heteroatoms. The Balaban J connectivity index is 1.94. The van der Waals surface area contributed by atoms with Crippen LogP contribution in [0.3, 0.4) is 0 Å². The van der Waals surface area contributed by atoms with Gasteiger partial charge in [-0.05, 0) is 24.6 Å². The fourth-order valence-corrected chi connectivity index (χ4v) is 2.20. The summed E-state index contributed by atoms with van der Waals surface area (Å²) >= 11 is 0. The minimum atomic E-state index is -0.424. The lowest BCUT2D eigenvalue weighted by atomic mass is 10.2. The van der Waals surface area contributed by atoms with E-state index in [9.17, 15) is 4.79 Å². The molecule has 2 aromatic heterocycles. The van der Waals surface area contributed by atoms with Crippen LogP contribution < -0.4 is 4.74 Å². The Bertz CT molecular complexity index is 781. The molecule has 0 radical (unpaired) electrons. The number of ether oxygens (including phenoxy) is 2. The lowest BCUT2D eigenvalue weighted by Gasteiger charge is -2.05. The first kappa shape index (κ1) is 14.1. The summed E-state index contributed by atoms with van der Waals surface area (Å²) in [5, 5.41) is 4.32. The number of carbonyl (C=O) groups excluding carboxylic acids is 1. The third-order valence-corrected chi connectivity index (χ3v) is 3.21. The molecule has 22 heavy (non-hydrogen) atoms. The van der Waals surface area contributed by atoms with Gasteiger partial charge in [-0.1, -0.05) is 36.4 Å². The quantitative estimate of drug-likeness (QED) is 0.679. The molecule has 0 aliphatic carbocycles. The van der Waals surface area contributed by atoms with Crippen LogP contribution >= 0.6 is 0 Å². The van der Waals surface area contributed by atoms with Crippen molar-refractivity contribution in [1.29, 1.82) is 0 Å². The average Bonchev–Trinajstić information content (AvgIpc) is 2.92. The summed E-state index contributed by atoms with van der Waals surface area (Å²) in [6.45, 7) is 2.42. The minimum Gasteiger partial charge on any atom is -0.471 e. The highest BCUT2D eigenvalue weighted by Crippen LogP contribution is 2.24. The van der Waals surface area contributed by atoms with E-state index < -0.39 is 5.97 Å². The van der Waals surface area contributed by atoms with Crippen LogP contribution in [0.2, 0.25) is 0 Å². The Labute approximate surface area is 128 Å². The molecule has 112 valence electrons. The zero-order valence-electron chi connectivity index (χ0n) is 12.2. The van der Waals surface area contributed by atoms with Gasteiger partial charge in [0.15, 0.2) is 0 Å². The summed E-state index contributed by atoms with van der Waals surface area (Å²) in [6.07, 6.45) is 1.77. The maximum Gasteiger partial charge on any atom is 0.345 e. The molecule has 0 atom stereocenters.